The molecule has 0 saturated heterocycles. The lowest BCUT2D eigenvalue weighted by atomic mass is 10.1. The average molecular weight is 498 g/mol. The Morgan fingerprint density at radius 2 is 1.64 bits per heavy atom. The van der Waals surface area contributed by atoms with E-state index in [2.05, 4.69) is 5.32 Å². The number of imide groups is 1. The van der Waals surface area contributed by atoms with Crippen molar-refractivity contribution in [2.75, 3.05) is 16.0 Å². The second-order valence-corrected chi connectivity index (χ2v) is 8.64. The number of nitrogen functional groups attached to an aromatic ring is 1. The van der Waals surface area contributed by atoms with Crippen molar-refractivity contribution in [3.63, 3.8) is 0 Å². The van der Waals surface area contributed by atoms with Gasteiger partial charge in [0.25, 0.3) is 11.8 Å². The second kappa shape index (κ2) is 9.20. The Balaban J connectivity index is 1.34. The van der Waals surface area contributed by atoms with Gasteiger partial charge in [0.15, 0.2) is 5.75 Å². The number of hydrogen-bond acceptors (Lipinski definition) is 6. The highest BCUT2D eigenvalue weighted by atomic mass is 35.5. The summed E-state index contributed by atoms with van der Waals surface area (Å²) in [6, 6.07) is 24.2. The maximum Gasteiger partial charge on any atom is 0.343 e. The van der Waals surface area contributed by atoms with Gasteiger partial charge in [-0.25, -0.2) is 9.69 Å². The number of nitrogens with zero attached hydrogens (tertiary/aromatic N) is 1. The largest absolute Gasteiger partial charge is 0.421 e. The third kappa shape index (κ3) is 4.16. The highest BCUT2D eigenvalue weighted by molar-refractivity contribution is 6.53. The van der Waals surface area contributed by atoms with E-state index >= 15 is 0 Å². The molecule has 0 radical (unpaired) electrons. The molecule has 2 amide bonds. The third-order valence-corrected chi connectivity index (χ3v) is 6.14. The Bertz CT molecular complexity index is 1570. The highest BCUT2D eigenvalue weighted by Gasteiger charge is 2.39. The standard InChI is InChI=1S/C28H20ClN3O4/c1-16-9-14-23(21(30)15-16)36-28(35)18-10-12-19(13-11-18)31-25-24(29)26(33)32(27(25)34)22-8-4-6-17-5-2-3-7-20(17)22/h2-15,31H,30H2,1H3. The first kappa shape index (κ1) is 23.1. The lowest BCUT2D eigenvalue weighted by molar-refractivity contribution is -0.120. The Hall–Kier alpha value is -4.62. The Kier molecular flexibility index (Phi) is 5.91. The second-order valence-electron chi connectivity index (χ2n) is 8.27. The predicted molar refractivity (Wildman–Crippen MR) is 140 cm³/mol. The molecule has 1 aliphatic rings. The molecule has 0 saturated carbocycles. The molecular weight excluding hydrogens is 478 g/mol. The number of nitrogens with two attached hydrogens (primary N) is 1. The molecular formula is C28H20ClN3O4. The lowest BCUT2D eigenvalue weighted by Gasteiger charge is -2.17. The number of hydrogen-bond donors (Lipinski definition) is 2. The number of ether oxygens (including phenoxy) is 1. The SMILES string of the molecule is Cc1ccc(OC(=O)c2ccc(NC3=C(Cl)C(=O)N(c4cccc5ccccc45)C3=O)cc2)c(N)c1. The van der Waals surface area contributed by atoms with Gasteiger partial charge in [-0.2, -0.15) is 0 Å². The summed E-state index contributed by atoms with van der Waals surface area (Å²) in [5.74, 6) is -1.49. The first-order chi connectivity index (χ1) is 17.3. The van der Waals surface area contributed by atoms with Gasteiger partial charge < -0.3 is 15.8 Å². The van der Waals surface area contributed by atoms with Crippen LogP contribution in [0.5, 0.6) is 5.75 Å². The number of anilines is 3. The number of nitrogens with one attached hydrogen (secondary N) is 1. The Labute approximate surface area is 211 Å². The number of carbonyl (C=O) groups is 3. The minimum atomic E-state index is -0.614. The van der Waals surface area contributed by atoms with Crippen LogP contribution in [0, 0.1) is 6.92 Å². The van der Waals surface area contributed by atoms with E-state index in [0.29, 0.717) is 17.1 Å². The summed E-state index contributed by atoms with van der Waals surface area (Å²) >= 11 is 6.29. The minimum Gasteiger partial charge on any atom is -0.421 e. The van der Waals surface area contributed by atoms with Crippen LogP contribution >= 0.6 is 11.6 Å². The molecule has 0 spiro atoms. The highest BCUT2D eigenvalue weighted by Crippen LogP contribution is 2.34. The van der Waals surface area contributed by atoms with Crippen molar-refractivity contribution in [1.82, 2.24) is 0 Å². The fourth-order valence-electron chi connectivity index (χ4n) is 3.99. The maximum absolute atomic E-state index is 13.2. The number of esters is 1. The van der Waals surface area contributed by atoms with Gasteiger partial charge in [0, 0.05) is 11.1 Å². The minimum absolute atomic E-state index is 0.0441. The number of aryl methyl sites for hydroxylation is 1. The van der Waals surface area contributed by atoms with Crippen LogP contribution in [0.2, 0.25) is 0 Å². The summed E-state index contributed by atoms with van der Waals surface area (Å²) < 4.78 is 5.39. The molecule has 36 heavy (non-hydrogen) atoms. The normalized spacial score (nSPS) is 13.4. The lowest BCUT2D eigenvalue weighted by Crippen LogP contribution is -2.32. The van der Waals surface area contributed by atoms with Crippen LogP contribution in [-0.4, -0.2) is 17.8 Å². The van der Waals surface area contributed by atoms with Crippen LogP contribution in [0.25, 0.3) is 10.8 Å². The summed E-state index contributed by atoms with van der Waals surface area (Å²) in [4.78, 5) is 39.7. The van der Waals surface area contributed by atoms with Crippen LogP contribution in [-0.2, 0) is 9.59 Å². The van der Waals surface area contributed by atoms with Crippen molar-refractivity contribution >= 4 is 57.2 Å². The van der Waals surface area contributed by atoms with Crippen molar-refractivity contribution in [2.45, 2.75) is 6.92 Å². The topological polar surface area (TPSA) is 102 Å². The molecule has 5 rings (SSSR count). The first-order valence-corrected chi connectivity index (χ1v) is 11.4. The Morgan fingerprint density at radius 1 is 0.917 bits per heavy atom. The summed E-state index contributed by atoms with van der Waals surface area (Å²) in [6.45, 7) is 1.89. The zero-order chi connectivity index (χ0) is 25.4. The van der Waals surface area contributed by atoms with Crippen molar-refractivity contribution in [3.8, 4) is 5.75 Å². The summed E-state index contributed by atoms with van der Waals surface area (Å²) in [7, 11) is 0. The molecule has 8 heteroatoms. The molecule has 0 atom stereocenters. The van der Waals surface area contributed by atoms with Crippen LogP contribution in [0.1, 0.15) is 15.9 Å². The molecule has 1 heterocycles. The van der Waals surface area contributed by atoms with Crippen LogP contribution < -0.4 is 20.7 Å². The molecule has 4 aromatic rings. The van der Waals surface area contributed by atoms with Gasteiger partial charge in [0.05, 0.1) is 16.9 Å². The van der Waals surface area contributed by atoms with E-state index in [-0.39, 0.29) is 22.0 Å². The molecule has 178 valence electrons. The van der Waals surface area contributed by atoms with Gasteiger partial charge in [-0.3, -0.25) is 9.59 Å². The van der Waals surface area contributed by atoms with Gasteiger partial charge in [-0.15, -0.1) is 0 Å². The first-order valence-electron chi connectivity index (χ1n) is 11.0. The predicted octanol–water partition coefficient (Wildman–Crippen LogP) is 5.39. The number of benzene rings is 4. The molecule has 0 unspecified atom stereocenters. The molecule has 0 bridgehead atoms. The van der Waals surface area contributed by atoms with E-state index in [1.165, 1.54) is 12.1 Å². The zero-order valence-corrected chi connectivity index (χ0v) is 19.9. The molecule has 1 aliphatic heterocycles. The van der Waals surface area contributed by atoms with Crippen LogP contribution in [0.4, 0.5) is 17.1 Å². The smallest absolute Gasteiger partial charge is 0.343 e. The van der Waals surface area contributed by atoms with Crippen LogP contribution in [0.3, 0.4) is 0 Å². The fourth-order valence-corrected chi connectivity index (χ4v) is 4.20. The fraction of sp³-hybridized carbons (Fsp3) is 0.0357. The van der Waals surface area contributed by atoms with E-state index in [0.717, 1.165) is 21.2 Å². The van der Waals surface area contributed by atoms with E-state index in [1.807, 2.05) is 37.3 Å². The van der Waals surface area contributed by atoms with Gasteiger partial charge in [-0.1, -0.05) is 54.1 Å². The molecule has 0 fully saturated rings. The van der Waals surface area contributed by atoms with E-state index in [9.17, 15) is 14.4 Å². The molecule has 3 N–H and O–H groups in total. The van der Waals surface area contributed by atoms with Gasteiger partial charge in [-0.05, 0) is 60.3 Å². The number of halogens is 1. The van der Waals surface area contributed by atoms with Gasteiger partial charge in [0.1, 0.15) is 10.7 Å². The van der Waals surface area contributed by atoms with E-state index in [1.54, 1.807) is 42.5 Å². The Morgan fingerprint density at radius 3 is 2.39 bits per heavy atom. The number of rotatable bonds is 5. The number of amides is 2. The molecule has 0 aromatic heterocycles. The van der Waals surface area contributed by atoms with Gasteiger partial charge in [0.2, 0.25) is 0 Å². The van der Waals surface area contributed by atoms with Crippen molar-refractivity contribution in [3.05, 3.63) is 107 Å². The van der Waals surface area contributed by atoms with Crippen molar-refractivity contribution < 1.29 is 19.1 Å². The van der Waals surface area contributed by atoms with E-state index < -0.39 is 17.8 Å². The summed E-state index contributed by atoms with van der Waals surface area (Å²) in [5.41, 5.74) is 8.39. The van der Waals surface area contributed by atoms with Crippen molar-refractivity contribution in [1.29, 1.82) is 0 Å². The van der Waals surface area contributed by atoms with Crippen molar-refractivity contribution in [2.24, 2.45) is 0 Å². The van der Waals surface area contributed by atoms with Gasteiger partial charge >= 0.3 is 5.97 Å². The maximum atomic E-state index is 13.2. The zero-order valence-electron chi connectivity index (χ0n) is 19.1. The average Bonchev–Trinajstić information content (AvgIpc) is 3.08. The molecule has 0 aliphatic carbocycles. The summed E-state index contributed by atoms with van der Waals surface area (Å²) in [6.07, 6.45) is 0. The number of carbonyl (C=O) groups excluding carboxylic acids is 3. The number of fused-ring (bicyclic) bond motifs is 1. The van der Waals surface area contributed by atoms with Crippen LogP contribution in [0.15, 0.2) is 95.7 Å². The quantitative estimate of drug-likeness (QED) is 0.166. The monoisotopic (exact) mass is 497 g/mol. The third-order valence-electron chi connectivity index (χ3n) is 5.79. The van der Waals surface area contributed by atoms with E-state index in [4.69, 9.17) is 22.1 Å². The molecule has 4 aromatic carbocycles. The summed E-state index contributed by atoms with van der Waals surface area (Å²) in [5, 5.41) is 4.34. The molecule has 7 nitrogen and oxygen atoms in total.